The highest BCUT2D eigenvalue weighted by molar-refractivity contribution is 4.80. The first kappa shape index (κ1) is 8.37. The normalized spacial score (nSPS) is 37.8. The molecule has 0 amide bonds. The van der Waals surface area contributed by atoms with Crippen LogP contribution in [0, 0.1) is 5.92 Å². The summed E-state index contributed by atoms with van der Waals surface area (Å²) in [7, 11) is 0. The molecule has 0 spiro atoms. The van der Waals surface area contributed by atoms with E-state index in [1.165, 1.54) is 0 Å². The Morgan fingerprint density at radius 3 is 2.73 bits per heavy atom. The lowest BCUT2D eigenvalue weighted by Gasteiger charge is -2.27. The summed E-state index contributed by atoms with van der Waals surface area (Å²) in [5, 5.41) is 12.9. The van der Waals surface area contributed by atoms with Crippen molar-refractivity contribution in [1.29, 1.82) is 0 Å². The smallest absolute Gasteiger partial charge is 0.0546 e. The average Bonchev–Trinajstić information content (AvgIpc) is 1.85. The van der Waals surface area contributed by atoms with Crippen LogP contribution in [0.5, 0.6) is 0 Å². The summed E-state index contributed by atoms with van der Waals surface area (Å²) >= 11 is 0. The second-order valence-corrected chi connectivity index (χ2v) is 3.32. The molecule has 4 nitrogen and oxygen atoms in total. The van der Waals surface area contributed by atoms with Crippen molar-refractivity contribution < 1.29 is 5.11 Å². The Labute approximate surface area is 65.9 Å². The number of aliphatic hydroxyl groups is 1. The van der Waals surface area contributed by atoms with Crippen LogP contribution in [0.1, 0.15) is 26.2 Å². The van der Waals surface area contributed by atoms with Crippen LogP contribution in [0.25, 0.3) is 10.4 Å². The fourth-order valence-corrected chi connectivity index (χ4v) is 1.70. The summed E-state index contributed by atoms with van der Waals surface area (Å²) in [5.41, 5.74) is 8.17. The highest BCUT2D eigenvalue weighted by Crippen LogP contribution is 2.26. The van der Waals surface area contributed by atoms with Crippen molar-refractivity contribution in [2.24, 2.45) is 11.0 Å². The number of azide groups is 1. The monoisotopic (exact) mass is 155 g/mol. The molecule has 1 unspecified atom stereocenters. The molecule has 0 saturated heterocycles. The summed E-state index contributed by atoms with van der Waals surface area (Å²) in [5.74, 6) is 0.481. The Hall–Kier alpha value is -0.730. The third-order valence-corrected chi connectivity index (χ3v) is 2.11. The molecule has 0 aliphatic heterocycles. The van der Waals surface area contributed by atoms with Gasteiger partial charge in [-0.25, -0.2) is 0 Å². The Bertz CT molecular complexity index is 167. The van der Waals surface area contributed by atoms with Crippen LogP contribution in [-0.2, 0) is 0 Å². The number of nitrogens with zero attached hydrogens (tertiary/aromatic N) is 3. The van der Waals surface area contributed by atoms with Crippen molar-refractivity contribution in [2.45, 2.75) is 38.3 Å². The van der Waals surface area contributed by atoms with Crippen LogP contribution in [0.4, 0.5) is 0 Å². The molecule has 0 bridgehead atoms. The molecule has 1 N–H and O–H groups in total. The van der Waals surface area contributed by atoms with Crippen LogP contribution in [0.15, 0.2) is 5.11 Å². The molecule has 0 radical (unpaired) electrons. The molecule has 11 heavy (non-hydrogen) atoms. The van der Waals surface area contributed by atoms with Crippen LogP contribution in [0.2, 0.25) is 0 Å². The fourth-order valence-electron chi connectivity index (χ4n) is 1.70. The van der Waals surface area contributed by atoms with E-state index in [9.17, 15) is 5.11 Å². The van der Waals surface area contributed by atoms with E-state index in [-0.39, 0.29) is 12.1 Å². The van der Waals surface area contributed by atoms with E-state index < -0.39 is 0 Å². The van der Waals surface area contributed by atoms with Gasteiger partial charge >= 0.3 is 0 Å². The minimum atomic E-state index is -0.269. The lowest BCUT2D eigenvalue weighted by molar-refractivity contribution is 0.0959. The molecule has 1 rings (SSSR count). The van der Waals surface area contributed by atoms with Crippen LogP contribution >= 0.6 is 0 Å². The van der Waals surface area contributed by atoms with E-state index in [1.807, 2.05) is 0 Å². The van der Waals surface area contributed by atoms with E-state index in [0.717, 1.165) is 12.8 Å². The Kier molecular flexibility index (Phi) is 2.74. The molecule has 1 aliphatic rings. The third kappa shape index (κ3) is 2.41. The quantitative estimate of drug-likeness (QED) is 0.350. The van der Waals surface area contributed by atoms with Gasteiger partial charge in [0.2, 0.25) is 0 Å². The van der Waals surface area contributed by atoms with Gasteiger partial charge in [0.15, 0.2) is 0 Å². The van der Waals surface area contributed by atoms with Crippen molar-refractivity contribution in [3.63, 3.8) is 0 Å². The minimum Gasteiger partial charge on any atom is -0.393 e. The van der Waals surface area contributed by atoms with Gasteiger partial charge in [-0.15, -0.1) is 0 Å². The van der Waals surface area contributed by atoms with E-state index in [0.29, 0.717) is 12.3 Å². The Morgan fingerprint density at radius 2 is 2.18 bits per heavy atom. The van der Waals surface area contributed by atoms with E-state index >= 15 is 0 Å². The van der Waals surface area contributed by atoms with Crippen LogP contribution in [-0.4, -0.2) is 17.3 Å². The van der Waals surface area contributed by atoms with Crippen molar-refractivity contribution in [2.75, 3.05) is 0 Å². The molecule has 62 valence electrons. The Balaban J connectivity index is 2.49. The van der Waals surface area contributed by atoms with Gasteiger partial charge in [0.25, 0.3) is 0 Å². The van der Waals surface area contributed by atoms with Gasteiger partial charge in [-0.1, -0.05) is 12.0 Å². The van der Waals surface area contributed by atoms with E-state index in [2.05, 4.69) is 16.9 Å². The average molecular weight is 155 g/mol. The zero-order valence-corrected chi connectivity index (χ0v) is 6.64. The number of hydrogen-bond acceptors (Lipinski definition) is 2. The molecule has 1 saturated carbocycles. The maximum atomic E-state index is 9.29. The SMILES string of the molecule is C[C@H]1CC(N=[N+]=[N-])C[C@@H](O)C1. The van der Waals surface area contributed by atoms with Crippen molar-refractivity contribution >= 4 is 0 Å². The van der Waals surface area contributed by atoms with E-state index in [4.69, 9.17) is 5.53 Å². The second-order valence-electron chi connectivity index (χ2n) is 3.32. The highest BCUT2D eigenvalue weighted by Gasteiger charge is 2.23. The molecule has 1 aliphatic carbocycles. The fraction of sp³-hybridized carbons (Fsp3) is 1.00. The number of aliphatic hydroxyl groups excluding tert-OH is 1. The third-order valence-electron chi connectivity index (χ3n) is 2.11. The van der Waals surface area contributed by atoms with Crippen molar-refractivity contribution in [3.05, 3.63) is 10.4 Å². The molecule has 0 aromatic heterocycles. The summed E-state index contributed by atoms with van der Waals surface area (Å²) < 4.78 is 0. The molecular weight excluding hydrogens is 142 g/mol. The Morgan fingerprint density at radius 1 is 1.45 bits per heavy atom. The van der Waals surface area contributed by atoms with Gasteiger partial charge < -0.3 is 5.11 Å². The summed E-state index contributed by atoms with van der Waals surface area (Å²) in [6, 6.07) is 0.0127. The first-order valence-corrected chi connectivity index (χ1v) is 3.94. The topological polar surface area (TPSA) is 69.0 Å². The summed E-state index contributed by atoms with van der Waals surface area (Å²) in [6.45, 7) is 2.07. The predicted molar refractivity (Wildman–Crippen MR) is 42.0 cm³/mol. The molecular formula is C7H13N3O. The number of hydrogen-bond donors (Lipinski definition) is 1. The van der Waals surface area contributed by atoms with Gasteiger partial charge in [0, 0.05) is 11.0 Å². The first-order chi connectivity index (χ1) is 5.22. The zero-order valence-electron chi connectivity index (χ0n) is 6.64. The summed E-state index contributed by atoms with van der Waals surface area (Å²) in [6.07, 6.45) is 2.13. The van der Waals surface area contributed by atoms with Gasteiger partial charge in [-0.3, -0.25) is 0 Å². The highest BCUT2D eigenvalue weighted by atomic mass is 16.3. The van der Waals surface area contributed by atoms with Gasteiger partial charge in [-0.05, 0) is 30.7 Å². The maximum Gasteiger partial charge on any atom is 0.0546 e. The molecule has 3 atom stereocenters. The van der Waals surface area contributed by atoms with Crippen molar-refractivity contribution in [1.82, 2.24) is 0 Å². The van der Waals surface area contributed by atoms with Gasteiger partial charge in [0.1, 0.15) is 0 Å². The van der Waals surface area contributed by atoms with Gasteiger partial charge in [-0.2, -0.15) is 0 Å². The molecule has 0 aromatic rings. The molecule has 0 aromatic carbocycles. The van der Waals surface area contributed by atoms with Crippen molar-refractivity contribution in [3.8, 4) is 0 Å². The number of rotatable bonds is 1. The second kappa shape index (κ2) is 3.60. The summed E-state index contributed by atoms with van der Waals surface area (Å²) in [4.78, 5) is 2.74. The van der Waals surface area contributed by atoms with E-state index in [1.54, 1.807) is 0 Å². The molecule has 4 heteroatoms. The maximum absolute atomic E-state index is 9.29. The lowest BCUT2D eigenvalue weighted by Crippen LogP contribution is -2.26. The van der Waals surface area contributed by atoms with Crippen LogP contribution < -0.4 is 0 Å². The predicted octanol–water partition coefficient (Wildman–Crippen LogP) is 1.85. The first-order valence-electron chi connectivity index (χ1n) is 3.94. The minimum absolute atomic E-state index is 0.0127. The largest absolute Gasteiger partial charge is 0.393 e. The molecule has 1 fully saturated rings. The molecule has 0 heterocycles. The lowest BCUT2D eigenvalue weighted by atomic mass is 9.85. The standard InChI is InChI=1S/C7H13N3O/c1-5-2-6(9-10-8)4-7(11)3-5/h5-7,11H,2-4H2,1H3/t5-,6?,7-/m0/s1. The van der Waals surface area contributed by atoms with Gasteiger partial charge in [0.05, 0.1) is 6.10 Å². The zero-order chi connectivity index (χ0) is 8.27. The van der Waals surface area contributed by atoms with Crippen LogP contribution in [0.3, 0.4) is 0 Å².